The van der Waals surface area contributed by atoms with E-state index in [2.05, 4.69) is 0 Å². The first-order valence-corrected chi connectivity index (χ1v) is 5.47. The van der Waals surface area contributed by atoms with E-state index in [0.29, 0.717) is 11.4 Å². The SMILES string of the molecule is O=C(O)CN(c1ccccc1)c1cccc(F)c1. The molecule has 0 aromatic heterocycles. The third-order valence-corrected chi connectivity index (χ3v) is 2.48. The fourth-order valence-corrected chi connectivity index (χ4v) is 1.72. The molecule has 4 heteroatoms. The van der Waals surface area contributed by atoms with Crippen LogP contribution in [-0.4, -0.2) is 17.6 Å². The van der Waals surface area contributed by atoms with Gasteiger partial charge in [-0.05, 0) is 30.3 Å². The highest BCUT2D eigenvalue weighted by molar-refractivity contribution is 5.78. The largest absolute Gasteiger partial charge is 0.480 e. The highest BCUT2D eigenvalue weighted by Gasteiger charge is 2.13. The topological polar surface area (TPSA) is 40.5 Å². The molecular formula is C14H12FNO2. The second kappa shape index (κ2) is 5.31. The average molecular weight is 245 g/mol. The molecule has 0 heterocycles. The summed E-state index contributed by atoms with van der Waals surface area (Å²) in [7, 11) is 0. The van der Waals surface area contributed by atoms with Crippen LogP contribution in [0.5, 0.6) is 0 Å². The Balaban J connectivity index is 2.40. The van der Waals surface area contributed by atoms with E-state index in [-0.39, 0.29) is 12.4 Å². The zero-order chi connectivity index (χ0) is 13.0. The van der Waals surface area contributed by atoms with Gasteiger partial charge in [-0.15, -0.1) is 0 Å². The number of rotatable bonds is 4. The highest BCUT2D eigenvalue weighted by Crippen LogP contribution is 2.25. The molecule has 0 aliphatic rings. The van der Waals surface area contributed by atoms with Crippen LogP contribution >= 0.6 is 0 Å². The van der Waals surface area contributed by atoms with Crippen molar-refractivity contribution in [2.24, 2.45) is 0 Å². The standard InChI is InChI=1S/C14H12FNO2/c15-11-5-4-8-13(9-11)16(10-14(17)18)12-6-2-1-3-7-12/h1-9H,10H2,(H,17,18). The van der Waals surface area contributed by atoms with Crippen LogP contribution in [0.1, 0.15) is 0 Å². The number of benzene rings is 2. The number of hydrogen-bond acceptors (Lipinski definition) is 2. The maximum Gasteiger partial charge on any atom is 0.323 e. The van der Waals surface area contributed by atoms with Gasteiger partial charge in [0.05, 0.1) is 0 Å². The Bertz CT molecular complexity index is 543. The zero-order valence-electron chi connectivity index (χ0n) is 9.58. The molecule has 0 bridgehead atoms. The molecule has 0 fully saturated rings. The molecule has 0 saturated carbocycles. The summed E-state index contributed by atoms with van der Waals surface area (Å²) in [4.78, 5) is 12.5. The molecule has 0 spiro atoms. The predicted octanol–water partition coefficient (Wildman–Crippen LogP) is 3.05. The fraction of sp³-hybridized carbons (Fsp3) is 0.0714. The van der Waals surface area contributed by atoms with Crippen molar-refractivity contribution in [3.63, 3.8) is 0 Å². The van der Waals surface area contributed by atoms with Gasteiger partial charge < -0.3 is 10.0 Å². The van der Waals surface area contributed by atoms with E-state index in [1.807, 2.05) is 18.2 Å². The van der Waals surface area contributed by atoms with Gasteiger partial charge in [0, 0.05) is 11.4 Å². The molecule has 2 aromatic carbocycles. The van der Waals surface area contributed by atoms with E-state index in [1.54, 1.807) is 29.2 Å². The van der Waals surface area contributed by atoms with Gasteiger partial charge >= 0.3 is 5.97 Å². The monoisotopic (exact) mass is 245 g/mol. The molecule has 0 atom stereocenters. The maximum absolute atomic E-state index is 13.2. The maximum atomic E-state index is 13.2. The van der Waals surface area contributed by atoms with Crippen LogP contribution in [0.15, 0.2) is 54.6 Å². The first-order chi connectivity index (χ1) is 8.66. The first-order valence-electron chi connectivity index (χ1n) is 5.47. The minimum Gasteiger partial charge on any atom is -0.480 e. The summed E-state index contributed by atoms with van der Waals surface area (Å²) < 4.78 is 13.2. The van der Waals surface area contributed by atoms with Crippen molar-refractivity contribution in [2.75, 3.05) is 11.4 Å². The average Bonchev–Trinajstić information content (AvgIpc) is 2.37. The van der Waals surface area contributed by atoms with Crippen molar-refractivity contribution < 1.29 is 14.3 Å². The summed E-state index contributed by atoms with van der Waals surface area (Å²) in [6, 6.07) is 14.9. The van der Waals surface area contributed by atoms with Crippen LogP contribution in [0.2, 0.25) is 0 Å². The van der Waals surface area contributed by atoms with Gasteiger partial charge in [-0.25, -0.2) is 4.39 Å². The number of hydrogen-bond donors (Lipinski definition) is 1. The highest BCUT2D eigenvalue weighted by atomic mass is 19.1. The third-order valence-electron chi connectivity index (χ3n) is 2.48. The lowest BCUT2D eigenvalue weighted by atomic mass is 10.2. The Morgan fingerprint density at radius 3 is 2.33 bits per heavy atom. The van der Waals surface area contributed by atoms with E-state index in [9.17, 15) is 9.18 Å². The van der Waals surface area contributed by atoms with E-state index in [4.69, 9.17) is 5.11 Å². The molecule has 92 valence electrons. The van der Waals surface area contributed by atoms with E-state index < -0.39 is 5.97 Å². The fourth-order valence-electron chi connectivity index (χ4n) is 1.72. The van der Waals surface area contributed by atoms with Gasteiger partial charge in [-0.1, -0.05) is 24.3 Å². The Labute approximate surface area is 104 Å². The van der Waals surface area contributed by atoms with Crippen LogP contribution in [0, 0.1) is 5.82 Å². The molecule has 0 saturated heterocycles. The van der Waals surface area contributed by atoms with Crippen LogP contribution in [0.4, 0.5) is 15.8 Å². The number of para-hydroxylation sites is 1. The van der Waals surface area contributed by atoms with Crippen molar-refractivity contribution in [1.82, 2.24) is 0 Å². The van der Waals surface area contributed by atoms with Gasteiger partial charge in [0.2, 0.25) is 0 Å². The van der Waals surface area contributed by atoms with E-state index in [1.165, 1.54) is 12.1 Å². The lowest BCUT2D eigenvalue weighted by molar-refractivity contribution is -0.135. The van der Waals surface area contributed by atoms with Gasteiger partial charge in [0.25, 0.3) is 0 Å². The number of aliphatic carboxylic acids is 1. The normalized spacial score (nSPS) is 10.1. The van der Waals surface area contributed by atoms with Crippen molar-refractivity contribution >= 4 is 17.3 Å². The van der Waals surface area contributed by atoms with Gasteiger partial charge in [0.1, 0.15) is 12.4 Å². The molecule has 0 aliphatic heterocycles. The molecular weight excluding hydrogens is 233 g/mol. The number of carbonyl (C=O) groups is 1. The quantitative estimate of drug-likeness (QED) is 0.900. The number of nitrogens with zero attached hydrogens (tertiary/aromatic N) is 1. The van der Waals surface area contributed by atoms with E-state index >= 15 is 0 Å². The zero-order valence-corrected chi connectivity index (χ0v) is 9.58. The van der Waals surface area contributed by atoms with Crippen molar-refractivity contribution in [2.45, 2.75) is 0 Å². The minimum absolute atomic E-state index is 0.215. The molecule has 0 radical (unpaired) electrons. The molecule has 0 aliphatic carbocycles. The number of carboxylic acid groups (broad SMARTS) is 1. The summed E-state index contributed by atoms with van der Waals surface area (Å²) >= 11 is 0. The summed E-state index contributed by atoms with van der Waals surface area (Å²) in [6.07, 6.45) is 0. The second-order valence-electron chi connectivity index (χ2n) is 3.80. The molecule has 2 rings (SSSR count). The molecule has 2 aromatic rings. The third kappa shape index (κ3) is 2.85. The van der Waals surface area contributed by atoms with Crippen molar-refractivity contribution in [3.05, 3.63) is 60.4 Å². The van der Waals surface area contributed by atoms with Gasteiger partial charge in [-0.3, -0.25) is 4.79 Å². The van der Waals surface area contributed by atoms with Crippen LogP contribution in [-0.2, 0) is 4.79 Å². The number of carboxylic acids is 1. The first kappa shape index (κ1) is 12.1. The van der Waals surface area contributed by atoms with Crippen molar-refractivity contribution in [1.29, 1.82) is 0 Å². The molecule has 0 unspecified atom stereocenters. The Morgan fingerprint density at radius 2 is 1.72 bits per heavy atom. The van der Waals surface area contributed by atoms with Gasteiger partial charge in [0.15, 0.2) is 0 Å². The molecule has 18 heavy (non-hydrogen) atoms. The predicted molar refractivity (Wildman–Crippen MR) is 67.5 cm³/mol. The minimum atomic E-state index is -0.969. The lowest BCUT2D eigenvalue weighted by Gasteiger charge is -2.22. The molecule has 0 amide bonds. The summed E-state index contributed by atoms with van der Waals surface area (Å²) in [5, 5.41) is 8.94. The smallest absolute Gasteiger partial charge is 0.323 e. The second-order valence-corrected chi connectivity index (χ2v) is 3.80. The molecule has 1 N–H and O–H groups in total. The Morgan fingerprint density at radius 1 is 1.06 bits per heavy atom. The summed E-state index contributed by atoms with van der Waals surface area (Å²) in [6.45, 7) is -0.215. The lowest BCUT2D eigenvalue weighted by Crippen LogP contribution is -2.24. The van der Waals surface area contributed by atoms with Crippen LogP contribution < -0.4 is 4.90 Å². The van der Waals surface area contributed by atoms with Gasteiger partial charge in [-0.2, -0.15) is 0 Å². The van der Waals surface area contributed by atoms with Crippen LogP contribution in [0.3, 0.4) is 0 Å². The summed E-state index contributed by atoms with van der Waals surface area (Å²) in [5.74, 6) is -1.36. The molecule has 3 nitrogen and oxygen atoms in total. The van der Waals surface area contributed by atoms with Crippen molar-refractivity contribution in [3.8, 4) is 0 Å². The summed E-state index contributed by atoms with van der Waals surface area (Å²) in [5.41, 5.74) is 1.23. The number of anilines is 2. The Kier molecular flexibility index (Phi) is 3.57. The van der Waals surface area contributed by atoms with Crippen LogP contribution in [0.25, 0.3) is 0 Å². The Hall–Kier alpha value is -2.36. The number of halogens is 1. The van der Waals surface area contributed by atoms with E-state index in [0.717, 1.165) is 0 Å².